The smallest absolute Gasteiger partial charge is 0.102 e. The molecule has 0 aliphatic carbocycles. The quantitative estimate of drug-likeness (QED) is 0.0947. The molecular weight excluding hydrogens is 1140 g/mol. The Balaban J connectivity index is 0.905. The normalized spacial score (nSPS) is 12.2. The van der Waals surface area contributed by atoms with E-state index in [2.05, 4.69) is 391 Å². The van der Waals surface area contributed by atoms with Crippen molar-refractivity contribution in [1.82, 2.24) is 0 Å². The zero-order valence-corrected chi connectivity index (χ0v) is 52.8. The maximum absolute atomic E-state index is 2.55. The summed E-state index contributed by atoms with van der Waals surface area (Å²) < 4.78 is 0. The molecule has 0 amide bonds. The molecule has 0 spiro atoms. The van der Waals surface area contributed by atoms with E-state index in [1.807, 2.05) is 0 Å². The number of anilines is 9. The minimum atomic E-state index is -2.02. The van der Waals surface area contributed by atoms with Gasteiger partial charge < -0.3 is 14.7 Å². The molecule has 1 unspecified atom stereocenters. The molecule has 1 heterocycles. The topological polar surface area (TPSA) is 9.72 Å². The van der Waals surface area contributed by atoms with E-state index in [4.69, 9.17) is 0 Å². The van der Waals surface area contributed by atoms with Gasteiger partial charge in [-0.1, -0.05) is 267 Å². The van der Waals surface area contributed by atoms with Gasteiger partial charge >= 0.3 is 0 Å². The van der Waals surface area contributed by atoms with Crippen molar-refractivity contribution in [3.63, 3.8) is 0 Å². The molecule has 0 aromatic heterocycles. The SMILES string of the molecule is C[SiH]1c2cc(N(c3ccc(-c4ccccc4)cc3)c3ccc(-c4ccccc4)cc3)ccc2-c2cc(N(c3ccc(-c4ccccc4)cc3)c3ccc(-c4ccccc4)cc3)cc3cc(N(c4ccc(-c5ccccc5)cc4)c4ccc(-c5ccccc5)cc4)cc1c23. The monoisotopic (exact) mass is 1200 g/mol. The van der Waals surface area contributed by atoms with Gasteiger partial charge in [-0.2, -0.15) is 0 Å². The fraction of sp³-hybridized carbons (Fsp3) is 0.0112. The van der Waals surface area contributed by atoms with Crippen molar-refractivity contribution in [3.05, 3.63) is 370 Å². The summed E-state index contributed by atoms with van der Waals surface area (Å²) in [6.45, 7) is 2.55. The predicted octanol–water partition coefficient (Wildman–Crippen LogP) is 23.2. The van der Waals surface area contributed by atoms with Gasteiger partial charge in [0.05, 0.1) is 0 Å². The second kappa shape index (κ2) is 24.9. The summed E-state index contributed by atoms with van der Waals surface area (Å²) in [4.78, 5) is 7.38. The Hall–Kier alpha value is -11.8. The highest BCUT2D eigenvalue weighted by Gasteiger charge is 2.31. The summed E-state index contributed by atoms with van der Waals surface area (Å²) in [5.41, 5.74) is 26.6. The fourth-order valence-electron chi connectivity index (χ4n) is 13.7. The summed E-state index contributed by atoms with van der Waals surface area (Å²) in [6, 6.07) is 136. The molecule has 4 heteroatoms. The van der Waals surface area contributed by atoms with Crippen LogP contribution in [0.2, 0.25) is 6.55 Å². The van der Waals surface area contributed by atoms with Crippen LogP contribution in [-0.4, -0.2) is 8.80 Å². The molecule has 93 heavy (non-hydrogen) atoms. The molecule has 0 N–H and O–H groups in total. The summed E-state index contributed by atoms with van der Waals surface area (Å²) in [7, 11) is -2.02. The largest absolute Gasteiger partial charge is 0.311 e. The molecule has 0 saturated heterocycles. The zero-order valence-electron chi connectivity index (χ0n) is 51.6. The van der Waals surface area contributed by atoms with Gasteiger partial charge in [-0.15, -0.1) is 0 Å². The number of hydrogen-bond acceptors (Lipinski definition) is 3. The molecule has 1 aliphatic rings. The maximum Gasteiger partial charge on any atom is 0.102 e. The first-order valence-corrected chi connectivity index (χ1v) is 34.4. The van der Waals surface area contributed by atoms with Crippen molar-refractivity contribution in [1.29, 1.82) is 0 Å². The van der Waals surface area contributed by atoms with Gasteiger partial charge in [0.25, 0.3) is 0 Å². The van der Waals surface area contributed by atoms with E-state index in [-0.39, 0.29) is 0 Å². The third kappa shape index (κ3) is 11.2. The van der Waals surface area contributed by atoms with Crippen LogP contribution in [0, 0.1) is 0 Å². The van der Waals surface area contributed by atoms with Crippen molar-refractivity contribution < 1.29 is 0 Å². The number of nitrogens with zero attached hydrogens (tertiary/aromatic N) is 3. The standard InChI is InChI=1S/C89H65N3Si/c1-93-87-61-82(90(76-44-32-69(33-45-76)63-20-8-2-9-21-63)77-46-34-70(35-47-77)64-22-10-3-11-23-64)56-57-85(87)86-60-83(91(78-48-36-71(37-49-78)65-24-12-4-13-25-65)79-50-38-72(39-51-79)66-26-14-5-15-27-66)58-75-59-84(62-88(93)89(75)86)92(80-52-40-73(41-53-80)67-28-16-6-17-29-67)81-54-42-74(43-55-81)68-30-18-7-19-31-68/h2-62,93H,1H3. The molecule has 0 saturated carbocycles. The van der Waals surface area contributed by atoms with Crippen LogP contribution < -0.4 is 25.1 Å². The van der Waals surface area contributed by atoms with Gasteiger partial charge in [-0.05, 0) is 208 Å². The van der Waals surface area contributed by atoms with Crippen molar-refractivity contribution in [3.8, 4) is 77.9 Å². The van der Waals surface area contributed by atoms with Crippen molar-refractivity contribution in [2.24, 2.45) is 0 Å². The molecule has 1 aliphatic heterocycles. The number of benzene rings is 15. The lowest BCUT2D eigenvalue weighted by Gasteiger charge is -2.33. The summed E-state index contributed by atoms with van der Waals surface area (Å²) >= 11 is 0. The highest BCUT2D eigenvalue weighted by molar-refractivity contribution is 6.88. The first-order valence-electron chi connectivity index (χ1n) is 32.1. The second-order valence-corrected chi connectivity index (χ2v) is 26.8. The molecule has 3 nitrogen and oxygen atoms in total. The van der Waals surface area contributed by atoms with Gasteiger partial charge in [0.15, 0.2) is 0 Å². The lowest BCUT2D eigenvalue weighted by molar-refractivity contribution is 1.28. The first-order chi connectivity index (χ1) is 46.0. The summed E-state index contributed by atoms with van der Waals surface area (Å²) in [5.74, 6) is 0. The molecule has 0 fully saturated rings. The van der Waals surface area contributed by atoms with Crippen molar-refractivity contribution >= 4 is 81.1 Å². The molecular formula is C89H65N3Si. The van der Waals surface area contributed by atoms with E-state index < -0.39 is 8.80 Å². The van der Waals surface area contributed by atoms with Crippen LogP contribution in [-0.2, 0) is 0 Å². The minimum absolute atomic E-state index is 1.07. The van der Waals surface area contributed by atoms with Gasteiger partial charge in [-0.3, -0.25) is 0 Å². The van der Waals surface area contributed by atoms with Crippen molar-refractivity contribution in [2.45, 2.75) is 6.55 Å². The zero-order chi connectivity index (χ0) is 62.0. The van der Waals surface area contributed by atoms with Gasteiger partial charge in [0.2, 0.25) is 0 Å². The van der Waals surface area contributed by atoms with E-state index in [0.717, 1.165) is 51.2 Å². The Morgan fingerprint density at radius 1 is 0.183 bits per heavy atom. The maximum atomic E-state index is 2.55. The molecule has 15 aromatic carbocycles. The molecule has 16 rings (SSSR count). The summed E-state index contributed by atoms with van der Waals surface area (Å²) in [6.07, 6.45) is 0. The van der Waals surface area contributed by atoms with Crippen LogP contribution in [0.25, 0.3) is 88.7 Å². The average Bonchev–Trinajstić information content (AvgIpc) is 0.739. The molecule has 440 valence electrons. The van der Waals surface area contributed by atoms with Crippen LogP contribution in [0.1, 0.15) is 0 Å². The lowest BCUT2D eigenvalue weighted by atomic mass is 9.94. The minimum Gasteiger partial charge on any atom is -0.311 e. The Bertz CT molecular complexity index is 4820. The third-order valence-electron chi connectivity index (χ3n) is 18.5. The highest BCUT2D eigenvalue weighted by Crippen LogP contribution is 2.46. The van der Waals surface area contributed by atoms with E-state index in [1.165, 1.54) is 99.0 Å². The summed E-state index contributed by atoms with van der Waals surface area (Å²) in [5, 5.41) is 5.34. The average molecular weight is 1200 g/mol. The number of rotatable bonds is 15. The molecule has 1 atom stereocenters. The van der Waals surface area contributed by atoms with Crippen LogP contribution in [0.5, 0.6) is 0 Å². The first kappa shape index (κ1) is 56.4. The van der Waals surface area contributed by atoms with Gasteiger partial charge in [0.1, 0.15) is 8.80 Å². The fourth-order valence-corrected chi connectivity index (χ4v) is 16.4. The van der Waals surface area contributed by atoms with Crippen LogP contribution in [0.3, 0.4) is 0 Å². The highest BCUT2D eigenvalue weighted by atomic mass is 28.3. The van der Waals surface area contributed by atoms with Gasteiger partial charge in [-0.25, -0.2) is 0 Å². The predicted molar refractivity (Wildman–Crippen MR) is 398 cm³/mol. The van der Waals surface area contributed by atoms with E-state index in [0.29, 0.717) is 0 Å². The lowest BCUT2D eigenvalue weighted by Crippen LogP contribution is -2.44. The van der Waals surface area contributed by atoms with Gasteiger partial charge in [0, 0.05) is 51.2 Å². The van der Waals surface area contributed by atoms with E-state index >= 15 is 0 Å². The van der Waals surface area contributed by atoms with Crippen molar-refractivity contribution in [2.75, 3.05) is 14.7 Å². The molecule has 15 aromatic rings. The molecule has 0 radical (unpaired) electrons. The Labute approximate surface area is 546 Å². The van der Waals surface area contributed by atoms with Crippen LogP contribution in [0.15, 0.2) is 370 Å². The third-order valence-corrected chi connectivity index (χ3v) is 21.3. The Kier molecular flexibility index (Phi) is 15.1. The van der Waals surface area contributed by atoms with E-state index in [9.17, 15) is 0 Å². The second-order valence-electron chi connectivity index (χ2n) is 24.1. The van der Waals surface area contributed by atoms with Crippen LogP contribution >= 0.6 is 0 Å². The number of fused-ring (bicyclic) bond motifs is 2. The number of hydrogen-bond donors (Lipinski definition) is 0. The Morgan fingerprint density at radius 2 is 0.409 bits per heavy atom. The Morgan fingerprint density at radius 3 is 0.688 bits per heavy atom. The van der Waals surface area contributed by atoms with E-state index in [1.54, 1.807) is 0 Å². The van der Waals surface area contributed by atoms with Crippen LogP contribution in [0.4, 0.5) is 51.2 Å². The molecule has 0 bridgehead atoms.